The highest BCUT2D eigenvalue weighted by molar-refractivity contribution is 5.98. The monoisotopic (exact) mass is 511 g/mol. The molecular formula is C34H29N3O2. The zero-order chi connectivity index (χ0) is 26.4. The maximum Gasteiger partial charge on any atom is 0.233 e. The Hall–Kier alpha value is -4.38. The molecule has 1 saturated carbocycles. The number of ether oxygens (including phenoxy) is 1. The minimum atomic E-state index is -0.528. The quantitative estimate of drug-likeness (QED) is 0.313. The van der Waals surface area contributed by atoms with Crippen molar-refractivity contribution >= 4 is 22.6 Å². The minimum Gasteiger partial charge on any atom is -0.497 e. The number of carbonyl (C=O) groups excluding carboxylic acids is 1. The zero-order valence-electron chi connectivity index (χ0n) is 21.9. The molecule has 4 aromatic rings. The highest BCUT2D eigenvalue weighted by Crippen LogP contribution is 2.77. The van der Waals surface area contributed by atoms with Gasteiger partial charge in [-0.05, 0) is 46.0 Å². The van der Waals surface area contributed by atoms with Crippen LogP contribution in [-0.4, -0.2) is 23.0 Å². The number of hydrogen-bond donors (Lipinski definition) is 2. The van der Waals surface area contributed by atoms with E-state index in [2.05, 4.69) is 95.1 Å². The Morgan fingerprint density at radius 2 is 2.00 bits per heavy atom. The minimum absolute atomic E-state index is 0.0226. The van der Waals surface area contributed by atoms with Gasteiger partial charge in [0.1, 0.15) is 5.75 Å². The number of amides is 1. The Kier molecular flexibility index (Phi) is 4.53. The van der Waals surface area contributed by atoms with Crippen molar-refractivity contribution in [3.8, 4) is 17.0 Å². The van der Waals surface area contributed by atoms with Crippen molar-refractivity contribution in [2.24, 2.45) is 17.3 Å². The molecule has 1 spiro atoms. The molecule has 0 radical (unpaired) electrons. The molecule has 0 saturated heterocycles. The molecule has 2 bridgehead atoms. The van der Waals surface area contributed by atoms with Crippen LogP contribution in [0.4, 0.5) is 5.95 Å². The first kappa shape index (κ1) is 22.6. The number of aromatic nitrogens is 2. The Bertz CT molecular complexity index is 1780. The Morgan fingerprint density at radius 3 is 2.90 bits per heavy atom. The lowest BCUT2D eigenvalue weighted by atomic mass is 9.30. The molecule has 39 heavy (non-hydrogen) atoms. The second kappa shape index (κ2) is 7.82. The second-order valence-electron chi connectivity index (χ2n) is 11.6. The van der Waals surface area contributed by atoms with E-state index < -0.39 is 5.41 Å². The third kappa shape index (κ3) is 2.90. The molecule has 5 nitrogen and oxygen atoms in total. The third-order valence-corrected chi connectivity index (χ3v) is 9.70. The SMILES string of the molecule is COc1ccc2c(-c3cnc(NC(=O)C4(C)CC56c7ccccc7C5C5C=CC=CC(=C5)C46)[nH]3)cccc2c1. The van der Waals surface area contributed by atoms with Crippen molar-refractivity contribution in [1.82, 2.24) is 9.97 Å². The number of allylic oxidation sites excluding steroid dienone is 6. The molecule has 5 unspecified atom stereocenters. The van der Waals surface area contributed by atoms with Gasteiger partial charge in [0.25, 0.3) is 0 Å². The van der Waals surface area contributed by atoms with Gasteiger partial charge in [-0.2, -0.15) is 0 Å². The van der Waals surface area contributed by atoms with Crippen LogP contribution < -0.4 is 10.1 Å². The van der Waals surface area contributed by atoms with Crippen molar-refractivity contribution in [2.75, 3.05) is 12.4 Å². The molecule has 2 N–H and O–H groups in total. The number of nitrogens with one attached hydrogen (secondary N) is 2. The molecule has 1 heterocycles. The molecule has 1 fully saturated rings. The van der Waals surface area contributed by atoms with Gasteiger partial charge in [-0.3, -0.25) is 10.1 Å². The van der Waals surface area contributed by atoms with E-state index in [1.165, 1.54) is 16.7 Å². The number of rotatable bonds is 4. The molecule has 192 valence electrons. The van der Waals surface area contributed by atoms with Gasteiger partial charge in [-0.15, -0.1) is 0 Å². The summed E-state index contributed by atoms with van der Waals surface area (Å²) in [4.78, 5) is 21.9. The zero-order valence-corrected chi connectivity index (χ0v) is 21.9. The topological polar surface area (TPSA) is 67.0 Å². The highest BCUT2D eigenvalue weighted by atomic mass is 16.5. The van der Waals surface area contributed by atoms with Crippen LogP contribution in [0.15, 0.2) is 103 Å². The van der Waals surface area contributed by atoms with Crippen LogP contribution in [0.3, 0.4) is 0 Å². The van der Waals surface area contributed by atoms with Gasteiger partial charge in [0, 0.05) is 28.7 Å². The van der Waals surface area contributed by atoms with Crippen LogP contribution >= 0.6 is 0 Å². The maximum atomic E-state index is 14.0. The molecule has 8 rings (SSSR count). The van der Waals surface area contributed by atoms with E-state index in [0.717, 1.165) is 34.2 Å². The standard InChI is InChI=1S/C34H29N3O2/c1-33(19-34-27-13-6-5-11-26(27)29(34)21-8-3-4-9-22(16-21)30(33)34)31(38)37-32-35-18-28(36-32)25-12-7-10-20-17-23(39-2)14-15-24(20)25/h3-18,21,29-30H,19H2,1-2H3,(H2,35,36,37,38). The average molecular weight is 512 g/mol. The van der Waals surface area contributed by atoms with E-state index >= 15 is 0 Å². The number of imidazole rings is 1. The molecule has 3 aromatic carbocycles. The summed E-state index contributed by atoms with van der Waals surface area (Å²) < 4.78 is 5.39. The van der Waals surface area contributed by atoms with Crippen LogP contribution in [-0.2, 0) is 10.2 Å². The third-order valence-electron chi connectivity index (χ3n) is 9.70. The van der Waals surface area contributed by atoms with E-state index in [-0.39, 0.29) is 17.2 Å². The number of benzene rings is 3. The summed E-state index contributed by atoms with van der Waals surface area (Å²) in [5.74, 6) is 2.27. The van der Waals surface area contributed by atoms with Gasteiger partial charge in [-0.25, -0.2) is 4.98 Å². The van der Waals surface area contributed by atoms with Crippen molar-refractivity contribution < 1.29 is 9.53 Å². The predicted molar refractivity (Wildman–Crippen MR) is 154 cm³/mol. The number of aromatic amines is 1. The van der Waals surface area contributed by atoms with E-state index in [0.29, 0.717) is 17.8 Å². The molecule has 4 aliphatic rings. The summed E-state index contributed by atoms with van der Waals surface area (Å²) >= 11 is 0. The number of anilines is 1. The lowest BCUT2D eigenvalue weighted by Crippen LogP contribution is -2.70. The first-order valence-corrected chi connectivity index (χ1v) is 13.6. The lowest BCUT2D eigenvalue weighted by Gasteiger charge is -2.72. The van der Waals surface area contributed by atoms with E-state index in [1.54, 1.807) is 13.3 Å². The molecule has 0 aliphatic heterocycles. The van der Waals surface area contributed by atoms with Crippen molar-refractivity contribution in [1.29, 1.82) is 0 Å². The fourth-order valence-electron chi connectivity index (χ4n) is 8.26. The maximum absolute atomic E-state index is 14.0. The molecule has 4 aliphatic carbocycles. The Labute approximate surface area is 227 Å². The smallest absolute Gasteiger partial charge is 0.233 e. The van der Waals surface area contributed by atoms with Crippen LogP contribution in [0, 0.1) is 17.3 Å². The van der Waals surface area contributed by atoms with Crippen LogP contribution in [0.5, 0.6) is 5.75 Å². The molecule has 1 amide bonds. The van der Waals surface area contributed by atoms with Gasteiger partial charge in [-0.1, -0.05) is 85.8 Å². The molecule has 5 atom stereocenters. The molecule has 1 aromatic heterocycles. The summed E-state index contributed by atoms with van der Waals surface area (Å²) in [6.07, 6.45) is 13.9. The second-order valence-corrected chi connectivity index (χ2v) is 11.6. The summed E-state index contributed by atoms with van der Waals surface area (Å²) in [7, 11) is 1.67. The lowest BCUT2D eigenvalue weighted by molar-refractivity contribution is -0.148. The van der Waals surface area contributed by atoms with Crippen LogP contribution in [0.1, 0.15) is 30.4 Å². The van der Waals surface area contributed by atoms with Crippen LogP contribution in [0.25, 0.3) is 22.0 Å². The largest absolute Gasteiger partial charge is 0.497 e. The van der Waals surface area contributed by atoms with E-state index in [9.17, 15) is 4.79 Å². The first-order chi connectivity index (χ1) is 19.0. The van der Waals surface area contributed by atoms with Gasteiger partial charge in [0.2, 0.25) is 11.9 Å². The van der Waals surface area contributed by atoms with Crippen molar-refractivity contribution in [2.45, 2.75) is 24.7 Å². The average Bonchev–Trinajstić information content (AvgIpc) is 3.30. The summed E-state index contributed by atoms with van der Waals surface area (Å²) in [5.41, 5.74) is 5.55. The predicted octanol–water partition coefficient (Wildman–Crippen LogP) is 6.92. The number of carbonyl (C=O) groups is 1. The Balaban J connectivity index is 1.11. The number of nitrogens with zero attached hydrogens (tertiary/aromatic N) is 1. The van der Waals surface area contributed by atoms with Gasteiger partial charge in [0.05, 0.1) is 24.4 Å². The number of H-pyrrole nitrogens is 1. The fourth-order valence-corrected chi connectivity index (χ4v) is 8.26. The molecular weight excluding hydrogens is 482 g/mol. The number of hydrogen-bond acceptors (Lipinski definition) is 3. The van der Waals surface area contributed by atoms with Gasteiger partial charge >= 0.3 is 0 Å². The Morgan fingerprint density at radius 1 is 1.10 bits per heavy atom. The fraction of sp³-hybridized carbons (Fsp3) is 0.235. The molecule has 5 heteroatoms. The first-order valence-electron chi connectivity index (χ1n) is 13.6. The number of methoxy groups -OCH3 is 1. The summed E-state index contributed by atoms with van der Waals surface area (Å²) in [5, 5.41) is 5.34. The normalized spacial score (nSPS) is 29.2. The van der Waals surface area contributed by atoms with Crippen molar-refractivity contribution in [3.05, 3.63) is 114 Å². The van der Waals surface area contributed by atoms with E-state index in [4.69, 9.17) is 4.74 Å². The highest BCUT2D eigenvalue weighted by Gasteiger charge is 2.74. The van der Waals surface area contributed by atoms with Gasteiger partial charge in [0.15, 0.2) is 0 Å². The summed E-state index contributed by atoms with van der Waals surface area (Å²) in [6, 6.07) is 21.0. The van der Waals surface area contributed by atoms with E-state index in [1.807, 2.05) is 18.2 Å². The van der Waals surface area contributed by atoms with Gasteiger partial charge < -0.3 is 9.72 Å². The summed E-state index contributed by atoms with van der Waals surface area (Å²) in [6.45, 7) is 2.13. The van der Waals surface area contributed by atoms with Crippen molar-refractivity contribution in [3.63, 3.8) is 0 Å². The number of fused-ring (bicyclic) bond motifs is 6. The van der Waals surface area contributed by atoms with Crippen LogP contribution in [0.2, 0.25) is 0 Å².